The Hall–Kier alpha value is -1.02. The maximum Gasteiger partial charge on any atom is 0.119 e. The van der Waals surface area contributed by atoms with Crippen molar-refractivity contribution in [3.63, 3.8) is 0 Å². The number of nitrogens with one attached hydrogen (secondary N) is 1. The molecule has 0 bridgehead atoms. The minimum Gasteiger partial charge on any atom is -0.494 e. The number of rotatable bonds is 6. The first-order valence-electron chi connectivity index (χ1n) is 6.42. The van der Waals surface area contributed by atoms with E-state index in [4.69, 9.17) is 4.74 Å². The fraction of sp³-hybridized carbons (Fsp3) is 0.600. The van der Waals surface area contributed by atoms with Gasteiger partial charge in [-0.3, -0.25) is 0 Å². The standard InChI is InChI=1S/C15H25NO/c1-15(2,3)13-8-7-9-14(12-13)17-11-6-5-10-16-4/h7-9,12,16H,5-6,10-11H2,1-4H3. The maximum absolute atomic E-state index is 5.76. The van der Waals surface area contributed by atoms with Crippen molar-refractivity contribution < 1.29 is 4.74 Å². The molecule has 1 rings (SSSR count). The van der Waals surface area contributed by atoms with Gasteiger partial charge in [-0.15, -0.1) is 0 Å². The van der Waals surface area contributed by atoms with E-state index in [1.54, 1.807) is 0 Å². The summed E-state index contributed by atoms with van der Waals surface area (Å²) in [6, 6.07) is 8.42. The number of ether oxygens (including phenoxy) is 1. The summed E-state index contributed by atoms with van der Waals surface area (Å²) in [7, 11) is 1.98. The van der Waals surface area contributed by atoms with Crippen molar-refractivity contribution in [3.05, 3.63) is 29.8 Å². The van der Waals surface area contributed by atoms with Gasteiger partial charge in [0.2, 0.25) is 0 Å². The molecule has 0 saturated heterocycles. The molecule has 0 aliphatic carbocycles. The Kier molecular flexibility index (Phi) is 5.49. The molecule has 0 saturated carbocycles. The molecule has 0 aliphatic rings. The quantitative estimate of drug-likeness (QED) is 0.763. The van der Waals surface area contributed by atoms with Gasteiger partial charge in [0, 0.05) is 0 Å². The third-order valence-corrected chi connectivity index (χ3v) is 2.79. The summed E-state index contributed by atoms with van der Waals surface area (Å²) in [5.74, 6) is 0.988. The summed E-state index contributed by atoms with van der Waals surface area (Å²) in [6.07, 6.45) is 2.26. The van der Waals surface area contributed by atoms with Crippen LogP contribution in [0.1, 0.15) is 39.2 Å². The molecular formula is C15H25NO. The summed E-state index contributed by atoms with van der Waals surface area (Å²) in [5.41, 5.74) is 1.51. The summed E-state index contributed by atoms with van der Waals surface area (Å²) >= 11 is 0. The van der Waals surface area contributed by atoms with Gasteiger partial charge in [0.05, 0.1) is 6.61 Å². The lowest BCUT2D eigenvalue weighted by atomic mass is 9.87. The minimum absolute atomic E-state index is 0.186. The van der Waals surface area contributed by atoms with Crippen LogP contribution in [0.2, 0.25) is 0 Å². The van der Waals surface area contributed by atoms with Crippen LogP contribution < -0.4 is 10.1 Å². The molecule has 0 atom stereocenters. The SMILES string of the molecule is CNCCCCOc1cccc(C(C)(C)C)c1. The van der Waals surface area contributed by atoms with Gasteiger partial charge in [-0.2, -0.15) is 0 Å². The molecule has 0 unspecified atom stereocenters. The van der Waals surface area contributed by atoms with E-state index in [9.17, 15) is 0 Å². The van der Waals surface area contributed by atoms with Crippen molar-refractivity contribution in [2.75, 3.05) is 20.2 Å². The van der Waals surface area contributed by atoms with E-state index < -0.39 is 0 Å². The Labute approximate surface area is 105 Å². The molecule has 17 heavy (non-hydrogen) atoms. The molecule has 2 heteroatoms. The van der Waals surface area contributed by atoms with Crippen molar-refractivity contribution in [2.24, 2.45) is 0 Å². The van der Waals surface area contributed by atoms with E-state index in [1.165, 1.54) is 5.56 Å². The van der Waals surface area contributed by atoms with Crippen LogP contribution in [-0.2, 0) is 5.41 Å². The fourth-order valence-corrected chi connectivity index (χ4v) is 1.65. The second-order valence-electron chi connectivity index (χ2n) is 5.44. The van der Waals surface area contributed by atoms with E-state index in [1.807, 2.05) is 13.1 Å². The predicted molar refractivity (Wildman–Crippen MR) is 73.8 cm³/mol. The summed E-state index contributed by atoms with van der Waals surface area (Å²) in [5, 5.41) is 3.14. The van der Waals surface area contributed by atoms with Crippen LogP contribution >= 0.6 is 0 Å². The molecule has 0 heterocycles. The lowest BCUT2D eigenvalue weighted by Crippen LogP contribution is -2.11. The predicted octanol–water partition coefficient (Wildman–Crippen LogP) is 3.36. The van der Waals surface area contributed by atoms with Crippen molar-refractivity contribution in [1.29, 1.82) is 0 Å². The smallest absolute Gasteiger partial charge is 0.119 e. The molecule has 0 aromatic heterocycles. The molecule has 0 amide bonds. The van der Waals surface area contributed by atoms with Gasteiger partial charge in [-0.05, 0) is 49.5 Å². The average molecular weight is 235 g/mol. The van der Waals surface area contributed by atoms with Gasteiger partial charge >= 0.3 is 0 Å². The number of hydrogen-bond acceptors (Lipinski definition) is 2. The molecule has 0 aliphatic heterocycles. The van der Waals surface area contributed by atoms with Gasteiger partial charge in [-0.1, -0.05) is 32.9 Å². The average Bonchev–Trinajstić information content (AvgIpc) is 2.28. The van der Waals surface area contributed by atoms with Crippen LogP contribution in [0.5, 0.6) is 5.75 Å². The lowest BCUT2D eigenvalue weighted by molar-refractivity contribution is 0.305. The summed E-state index contributed by atoms with van der Waals surface area (Å²) < 4.78 is 5.76. The number of unbranched alkanes of at least 4 members (excludes halogenated alkanes) is 1. The highest BCUT2D eigenvalue weighted by Crippen LogP contribution is 2.25. The van der Waals surface area contributed by atoms with E-state index in [2.05, 4.69) is 44.3 Å². The van der Waals surface area contributed by atoms with Gasteiger partial charge in [0.1, 0.15) is 5.75 Å². The largest absolute Gasteiger partial charge is 0.494 e. The highest BCUT2D eigenvalue weighted by molar-refractivity contribution is 5.32. The molecular weight excluding hydrogens is 210 g/mol. The van der Waals surface area contributed by atoms with Crippen LogP contribution in [0.25, 0.3) is 0 Å². The zero-order valence-corrected chi connectivity index (χ0v) is 11.5. The second-order valence-corrected chi connectivity index (χ2v) is 5.44. The lowest BCUT2D eigenvalue weighted by Gasteiger charge is -2.19. The molecule has 1 N–H and O–H groups in total. The highest BCUT2D eigenvalue weighted by atomic mass is 16.5. The normalized spacial score (nSPS) is 11.5. The second kappa shape index (κ2) is 6.65. The van der Waals surface area contributed by atoms with Crippen LogP contribution in [0.4, 0.5) is 0 Å². The van der Waals surface area contributed by atoms with Crippen LogP contribution in [0, 0.1) is 0 Å². The Balaban J connectivity index is 2.44. The number of benzene rings is 1. The van der Waals surface area contributed by atoms with Crippen LogP contribution in [0.3, 0.4) is 0 Å². The first kappa shape index (κ1) is 14.0. The zero-order valence-electron chi connectivity index (χ0n) is 11.5. The van der Waals surface area contributed by atoms with Gasteiger partial charge < -0.3 is 10.1 Å². The summed E-state index contributed by atoms with van der Waals surface area (Å²) in [6.45, 7) is 8.53. The monoisotopic (exact) mass is 235 g/mol. The van der Waals surface area contributed by atoms with Crippen molar-refractivity contribution in [3.8, 4) is 5.75 Å². The van der Waals surface area contributed by atoms with Crippen molar-refractivity contribution in [1.82, 2.24) is 5.32 Å². The van der Waals surface area contributed by atoms with E-state index in [0.29, 0.717) is 0 Å². The molecule has 1 aromatic carbocycles. The fourth-order valence-electron chi connectivity index (χ4n) is 1.65. The Bertz CT molecular complexity index is 328. The first-order chi connectivity index (χ1) is 8.04. The van der Waals surface area contributed by atoms with E-state index >= 15 is 0 Å². The minimum atomic E-state index is 0.186. The Morgan fingerprint density at radius 2 is 1.94 bits per heavy atom. The zero-order chi connectivity index (χ0) is 12.7. The third kappa shape index (κ3) is 5.22. The Morgan fingerprint density at radius 3 is 2.59 bits per heavy atom. The molecule has 0 radical (unpaired) electrons. The van der Waals surface area contributed by atoms with Gasteiger partial charge in [0.25, 0.3) is 0 Å². The van der Waals surface area contributed by atoms with Crippen molar-refractivity contribution in [2.45, 2.75) is 39.0 Å². The van der Waals surface area contributed by atoms with Crippen LogP contribution in [-0.4, -0.2) is 20.2 Å². The van der Waals surface area contributed by atoms with Crippen LogP contribution in [0.15, 0.2) is 24.3 Å². The Morgan fingerprint density at radius 1 is 1.18 bits per heavy atom. The van der Waals surface area contributed by atoms with Gasteiger partial charge in [0.15, 0.2) is 0 Å². The first-order valence-corrected chi connectivity index (χ1v) is 6.42. The summed E-state index contributed by atoms with van der Waals surface area (Å²) in [4.78, 5) is 0. The third-order valence-electron chi connectivity index (χ3n) is 2.79. The molecule has 2 nitrogen and oxygen atoms in total. The highest BCUT2D eigenvalue weighted by Gasteiger charge is 2.13. The molecule has 0 spiro atoms. The van der Waals surface area contributed by atoms with E-state index in [-0.39, 0.29) is 5.41 Å². The van der Waals surface area contributed by atoms with Gasteiger partial charge in [-0.25, -0.2) is 0 Å². The number of hydrogen-bond donors (Lipinski definition) is 1. The molecule has 0 fully saturated rings. The maximum atomic E-state index is 5.76. The molecule has 96 valence electrons. The van der Waals surface area contributed by atoms with E-state index in [0.717, 1.165) is 31.7 Å². The van der Waals surface area contributed by atoms with Crippen molar-refractivity contribution >= 4 is 0 Å². The molecule has 1 aromatic rings. The topological polar surface area (TPSA) is 21.3 Å².